The fraction of sp³-hybridized carbons (Fsp3) is 0.357. The van der Waals surface area contributed by atoms with Crippen molar-refractivity contribution in [1.82, 2.24) is 4.37 Å². The number of hydrogen-bond donors (Lipinski definition) is 2. The van der Waals surface area contributed by atoms with E-state index in [1.165, 1.54) is 11.5 Å². The van der Waals surface area contributed by atoms with Crippen molar-refractivity contribution in [2.24, 2.45) is 0 Å². The minimum absolute atomic E-state index is 0.414. The van der Waals surface area contributed by atoms with E-state index in [2.05, 4.69) is 9.69 Å². The molecule has 1 aromatic carbocycles. The average molecular weight is 309 g/mol. The first-order valence-electron chi connectivity index (χ1n) is 6.52. The van der Waals surface area contributed by atoms with Gasteiger partial charge in [-0.3, -0.25) is 0 Å². The molecule has 0 spiro atoms. The molecule has 6 nitrogen and oxygen atoms in total. The van der Waals surface area contributed by atoms with Crippen molar-refractivity contribution in [3.8, 4) is 17.2 Å². The van der Waals surface area contributed by atoms with E-state index in [9.17, 15) is 0 Å². The smallest absolute Gasteiger partial charge is 0.197 e. The zero-order valence-corrected chi connectivity index (χ0v) is 13.1. The van der Waals surface area contributed by atoms with Gasteiger partial charge < -0.3 is 25.3 Å². The maximum Gasteiger partial charge on any atom is 0.197 e. The van der Waals surface area contributed by atoms with Crippen molar-refractivity contribution in [3.05, 3.63) is 23.8 Å². The van der Waals surface area contributed by atoms with Crippen LogP contribution in [0.1, 0.15) is 12.5 Å². The molecule has 0 aliphatic rings. The molecule has 0 aliphatic heterocycles. The number of ether oxygens (including phenoxy) is 3. The van der Waals surface area contributed by atoms with Gasteiger partial charge in [0.25, 0.3) is 0 Å². The molecule has 0 unspecified atom stereocenters. The molecule has 21 heavy (non-hydrogen) atoms. The van der Waals surface area contributed by atoms with Gasteiger partial charge in [-0.2, -0.15) is 4.37 Å². The van der Waals surface area contributed by atoms with E-state index >= 15 is 0 Å². The van der Waals surface area contributed by atoms with Crippen LogP contribution in [0.5, 0.6) is 17.2 Å². The fourth-order valence-corrected chi connectivity index (χ4v) is 2.52. The van der Waals surface area contributed by atoms with E-state index in [1.807, 2.05) is 25.1 Å². The monoisotopic (exact) mass is 309 g/mol. The second-order valence-electron chi connectivity index (χ2n) is 4.20. The van der Waals surface area contributed by atoms with Crippen LogP contribution >= 0.6 is 11.5 Å². The lowest BCUT2D eigenvalue weighted by Crippen LogP contribution is -2.02. The first-order valence-corrected chi connectivity index (χ1v) is 7.29. The zero-order chi connectivity index (χ0) is 15.2. The van der Waals surface area contributed by atoms with Crippen LogP contribution in [0, 0.1) is 0 Å². The standard InChI is InChI=1S/C14H19N3O3S/c1-4-20-12-13(15)17-21-14(12)16-8-9-5-6-10(18-2)11(7-9)19-3/h5-7,16H,4,8H2,1-3H3,(H2,15,17). The van der Waals surface area contributed by atoms with Crippen LogP contribution in [0.15, 0.2) is 18.2 Å². The summed E-state index contributed by atoms with van der Waals surface area (Å²) in [5.74, 6) is 2.43. The molecule has 1 heterocycles. The lowest BCUT2D eigenvalue weighted by atomic mass is 10.2. The Morgan fingerprint density at radius 2 is 2.00 bits per heavy atom. The molecule has 3 N–H and O–H groups in total. The zero-order valence-electron chi connectivity index (χ0n) is 12.3. The quantitative estimate of drug-likeness (QED) is 0.819. The highest BCUT2D eigenvalue weighted by Gasteiger charge is 2.12. The van der Waals surface area contributed by atoms with Gasteiger partial charge in [0.05, 0.1) is 20.8 Å². The van der Waals surface area contributed by atoms with Crippen LogP contribution in [-0.4, -0.2) is 25.2 Å². The molecule has 0 bridgehead atoms. The lowest BCUT2D eigenvalue weighted by molar-refractivity contribution is 0.344. The Labute approximate surface area is 128 Å². The Balaban J connectivity index is 2.09. The summed E-state index contributed by atoms with van der Waals surface area (Å²) in [7, 11) is 3.23. The average Bonchev–Trinajstić information content (AvgIpc) is 2.86. The SMILES string of the molecule is CCOc1c(N)nsc1NCc1ccc(OC)c(OC)c1. The third-order valence-electron chi connectivity index (χ3n) is 2.86. The minimum atomic E-state index is 0.414. The van der Waals surface area contributed by atoms with Gasteiger partial charge in [0.15, 0.2) is 28.1 Å². The first kappa shape index (κ1) is 15.2. The molecule has 0 aliphatic carbocycles. The summed E-state index contributed by atoms with van der Waals surface area (Å²) in [5.41, 5.74) is 6.84. The third kappa shape index (κ3) is 3.49. The molecular formula is C14H19N3O3S. The van der Waals surface area contributed by atoms with Crippen LogP contribution in [-0.2, 0) is 6.54 Å². The van der Waals surface area contributed by atoms with Crippen molar-refractivity contribution in [2.75, 3.05) is 31.9 Å². The number of nitrogens with zero attached hydrogens (tertiary/aromatic N) is 1. The number of nitrogens with two attached hydrogens (primary N) is 1. The summed E-state index contributed by atoms with van der Waals surface area (Å²) in [6, 6.07) is 5.77. The summed E-state index contributed by atoms with van der Waals surface area (Å²) < 4.78 is 20.1. The molecule has 1 aromatic heterocycles. The minimum Gasteiger partial charge on any atom is -0.493 e. The summed E-state index contributed by atoms with van der Waals surface area (Å²) in [6.45, 7) is 3.07. The third-order valence-corrected chi connectivity index (χ3v) is 3.66. The van der Waals surface area contributed by atoms with Crippen molar-refractivity contribution >= 4 is 22.4 Å². The fourth-order valence-electron chi connectivity index (χ4n) is 1.86. The molecule has 2 rings (SSSR count). The van der Waals surface area contributed by atoms with Crippen LogP contribution in [0.2, 0.25) is 0 Å². The normalized spacial score (nSPS) is 10.2. The molecule has 0 amide bonds. The molecule has 0 fully saturated rings. The molecule has 0 atom stereocenters. The highest BCUT2D eigenvalue weighted by Crippen LogP contribution is 2.35. The Bertz CT molecular complexity index is 601. The van der Waals surface area contributed by atoms with Crippen LogP contribution in [0.4, 0.5) is 10.8 Å². The van der Waals surface area contributed by atoms with Gasteiger partial charge in [-0.05, 0) is 36.2 Å². The van der Waals surface area contributed by atoms with Gasteiger partial charge in [0.2, 0.25) is 0 Å². The van der Waals surface area contributed by atoms with E-state index in [-0.39, 0.29) is 0 Å². The maximum absolute atomic E-state index is 5.78. The molecular weight excluding hydrogens is 290 g/mol. The van der Waals surface area contributed by atoms with Crippen LogP contribution < -0.4 is 25.3 Å². The molecule has 114 valence electrons. The van der Waals surface area contributed by atoms with Crippen LogP contribution in [0.25, 0.3) is 0 Å². The number of nitrogen functional groups attached to an aromatic ring is 1. The number of anilines is 2. The second-order valence-corrected chi connectivity index (χ2v) is 4.98. The second kappa shape index (κ2) is 7.03. The molecule has 0 saturated carbocycles. The number of hydrogen-bond acceptors (Lipinski definition) is 7. The Kier molecular flexibility index (Phi) is 5.10. The van der Waals surface area contributed by atoms with E-state index < -0.39 is 0 Å². The summed E-state index contributed by atoms with van der Waals surface area (Å²) >= 11 is 1.29. The topological polar surface area (TPSA) is 78.6 Å². The first-order chi connectivity index (χ1) is 10.2. The van der Waals surface area contributed by atoms with E-state index in [0.29, 0.717) is 36.2 Å². The molecule has 2 aromatic rings. The Hall–Kier alpha value is -2.15. The molecule has 7 heteroatoms. The number of benzene rings is 1. The van der Waals surface area contributed by atoms with Crippen molar-refractivity contribution in [2.45, 2.75) is 13.5 Å². The number of rotatable bonds is 7. The molecule has 0 saturated heterocycles. The summed E-state index contributed by atoms with van der Waals surface area (Å²) in [4.78, 5) is 0. The predicted octanol–water partition coefficient (Wildman–Crippen LogP) is 2.75. The molecule has 0 radical (unpaired) electrons. The highest BCUT2D eigenvalue weighted by atomic mass is 32.1. The van der Waals surface area contributed by atoms with Crippen molar-refractivity contribution in [1.29, 1.82) is 0 Å². The summed E-state index contributed by atoms with van der Waals surface area (Å²) in [5, 5.41) is 4.10. The van der Waals surface area contributed by atoms with E-state index in [0.717, 1.165) is 10.6 Å². The van der Waals surface area contributed by atoms with Crippen molar-refractivity contribution in [3.63, 3.8) is 0 Å². The van der Waals surface area contributed by atoms with Crippen molar-refractivity contribution < 1.29 is 14.2 Å². The Morgan fingerprint density at radius 1 is 1.24 bits per heavy atom. The number of nitrogens with one attached hydrogen (secondary N) is 1. The van der Waals surface area contributed by atoms with Gasteiger partial charge in [-0.25, -0.2) is 0 Å². The number of aromatic nitrogens is 1. The largest absolute Gasteiger partial charge is 0.493 e. The predicted molar refractivity (Wildman–Crippen MR) is 84.6 cm³/mol. The van der Waals surface area contributed by atoms with Gasteiger partial charge in [-0.1, -0.05) is 6.07 Å². The van der Waals surface area contributed by atoms with E-state index in [4.69, 9.17) is 19.9 Å². The van der Waals surface area contributed by atoms with Gasteiger partial charge in [-0.15, -0.1) is 0 Å². The number of methoxy groups -OCH3 is 2. The summed E-state index contributed by atoms with van der Waals surface area (Å²) in [6.07, 6.45) is 0. The van der Waals surface area contributed by atoms with Gasteiger partial charge in [0.1, 0.15) is 0 Å². The van der Waals surface area contributed by atoms with Gasteiger partial charge >= 0.3 is 0 Å². The lowest BCUT2D eigenvalue weighted by Gasteiger charge is -2.11. The Morgan fingerprint density at radius 3 is 2.67 bits per heavy atom. The maximum atomic E-state index is 5.78. The van der Waals surface area contributed by atoms with E-state index in [1.54, 1.807) is 14.2 Å². The van der Waals surface area contributed by atoms with Crippen LogP contribution in [0.3, 0.4) is 0 Å². The van der Waals surface area contributed by atoms with Gasteiger partial charge in [0, 0.05) is 6.54 Å². The highest BCUT2D eigenvalue weighted by molar-refractivity contribution is 7.11.